The highest BCUT2D eigenvalue weighted by molar-refractivity contribution is 6.31. The minimum Gasteiger partial charge on any atom is -0.352 e. The molecule has 0 spiro atoms. The van der Waals surface area contributed by atoms with Gasteiger partial charge in [0, 0.05) is 30.5 Å². The number of likely N-dealkylation sites (tertiary alicyclic amines) is 1. The van der Waals surface area contributed by atoms with Crippen LogP contribution in [0.4, 0.5) is 0 Å². The molecular weight excluding hydrogens is 328 g/mol. The van der Waals surface area contributed by atoms with Gasteiger partial charge in [0.05, 0.1) is 13.2 Å². The third kappa shape index (κ3) is 4.93. The molecule has 24 heavy (non-hydrogen) atoms. The second-order valence-electron chi connectivity index (χ2n) is 6.41. The van der Waals surface area contributed by atoms with Crippen LogP contribution in [0.5, 0.6) is 0 Å². The summed E-state index contributed by atoms with van der Waals surface area (Å²) in [5.41, 5.74) is 0.949. The normalized spacial score (nSPS) is 20.4. The van der Waals surface area contributed by atoms with Crippen molar-refractivity contribution < 1.29 is 14.3 Å². The molecule has 0 radical (unpaired) electrons. The first-order valence-electron chi connectivity index (χ1n) is 8.68. The molecule has 5 nitrogen and oxygen atoms in total. The predicted molar refractivity (Wildman–Crippen MR) is 92.8 cm³/mol. The molecule has 0 aromatic heterocycles. The highest BCUT2D eigenvalue weighted by Crippen LogP contribution is 2.25. The molecule has 2 saturated heterocycles. The number of amides is 1. The number of carbonyl (C=O) groups excluding carboxylic acids is 1. The molecule has 2 aliphatic heterocycles. The average Bonchev–Trinajstić information content (AvgIpc) is 3.14. The molecule has 1 aromatic rings. The van der Waals surface area contributed by atoms with Crippen LogP contribution in [0.25, 0.3) is 0 Å². The summed E-state index contributed by atoms with van der Waals surface area (Å²) < 4.78 is 11.2. The van der Waals surface area contributed by atoms with Gasteiger partial charge in [-0.05, 0) is 37.6 Å². The maximum atomic E-state index is 12.0. The van der Waals surface area contributed by atoms with Gasteiger partial charge in [-0.1, -0.05) is 29.8 Å². The summed E-state index contributed by atoms with van der Waals surface area (Å²) in [6.07, 6.45) is 2.66. The fourth-order valence-corrected chi connectivity index (χ4v) is 3.48. The Morgan fingerprint density at radius 1 is 1.21 bits per heavy atom. The molecule has 6 heteroatoms. The van der Waals surface area contributed by atoms with Crippen molar-refractivity contribution in [1.82, 2.24) is 10.2 Å². The Morgan fingerprint density at radius 2 is 1.92 bits per heavy atom. The van der Waals surface area contributed by atoms with Crippen LogP contribution < -0.4 is 5.32 Å². The summed E-state index contributed by atoms with van der Waals surface area (Å²) in [7, 11) is 0. The first kappa shape index (κ1) is 17.7. The van der Waals surface area contributed by atoms with E-state index in [2.05, 4.69) is 10.2 Å². The van der Waals surface area contributed by atoms with Gasteiger partial charge in [0.2, 0.25) is 5.91 Å². The maximum Gasteiger partial charge on any atom is 0.221 e. The Hall–Kier alpha value is -1.14. The number of hydrogen-bond acceptors (Lipinski definition) is 4. The van der Waals surface area contributed by atoms with Crippen molar-refractivity contribution in [3.8, 4) is 0 Å². The smallest absolute Gasteiger partial charge is 0.221 e. The first-order chi connectivity index (χ1) is 11.7. The van der Waals surface area contributed by atoms with Gasteiger partial charge in [0.1, 0.15) is 0 Å². The highest BCUT2D eigenvalue weighted by atomic mass is 35.5. The minimum absolute atomic E-state index is 0.00827. The average molecular weight is 353 g/mol. The van der Waals surface area contributed by atoms with Gasteiger partial charge in [-0.2, -0.15) is 0 Å². The second-order valence-corrected chi connectivity index (χ2v) is 6.81. The summed E-state index contributed by atoms with van der Waals surface area (Å²) in [5, 5.41) is 3.63. The van der Waals surface area contributed by atoms with E-state index in [0.29, 0.717) is 23.9 Å². The molecule has 0 atom stereocenters. The molecule has 2 aliphatic rings. The second kappa shape index (κ2) is 8.81. The van der Waals surface area contributed by atoms with Gasteiger partial charge in [0.25, 0.3) is 0 Å². The van der Waals surface area contributed by atoms with Crippen molar-refractivity contribution in [3.63, 3.8) is 0 Å². The van der Waals surface area contributed by atoms with E-state index in [1.807, 2.05) is 24.3 Å². The van der Waals surface area contributed by atoms with Gasteiger partial charge in [-0.3, -0.25) is 4.79 Å². The van der Waals surface area contributed by atoms with Crippen LogP contribution >= 0.6 is 11.6 Å². The largest absolute Gasteiger partial charge is 0.352 e. The zero-order valence-electron chi connectivity index (χ0n) is 13.9. The predicted octanol–water partition coefficient (Wildman–Crippen LogP) is 2.43. The Kier molecular flexibility index (Phi) is 6.49. The summed E-state index contributed by atoms with van der Waals surface area (Å²) in [5.74, 6) is 0.567. The van der Waals surface area contributed by atoms with E-state index in [1.165, 1.54) is 0 Å². The molecule has 132 valence electrons. The van der Waals surface area contributed by atoms with E-state index < -0.39 is 0 Å². The van der Waals surface area contributed by atoms with E-state index in [9.17, 15) is 4.79 Å². The lowest BCUT2D eigenvalue weighted by Gasteiger charge is -2.33. The van der Waals surface area contributed by atoms with Crippen LogP contribution in [0.3, 0.4) is 0 Å². The molecule has 2 fully saturated rings. The molecule has 0 aliphatic carbocycles. The molecule has 1 amide bonds. The lowest BCUT2D eigenvalue weighted by Crippen LogP contribution is -2.39. The quantitative estimate of drug-likeness (QED) is 0.854. The molecule has 1 N–H and O–H groups in total. The van der Waals surface area contributed by atoms with E-state index in [0.717, 1.165) is 51.3 Å². The molecule has 0 saturated carbocycles. The molecular formula is C18H25ClN2O3. The Labute approximate surface area is 148 Å². The van der Waals surface area contributed by atoms with Crippen LogP contribution in [-0.2, 0) is 20.8 Å². The van der Waals surface area contributed by atoms with Crippen LogP contribution in [0.1, 0.15) is 24.8 Å². The molecule has 3 rings (SSSR count). The van der Waals surface area contributed by atoms with Crippen molar-refractivity contribution in [2.75, 3.05) is 32.8 Å². The van der Waals surface area contributed by atoms with Gasteiger partial charge in [0.15, 0.2) is 6.29 Å². The number of nitrogens with zero attached hydrogens (tertiary/aromatic N) is 1. The number of ether oxygens (including phenoxy) is 2. The van der Waals surface area contributed by atoms with Crippen LogP contribution in [0.15, 0.2) is 24.3 Å². The Bertz CT molecular complexity index is 541. The Morgan fingerprint density at radius 3 is 2.62 bits per heavy atom. The van der Waals surface area contributed by atoms with Crippen molar-refractivity contribution in [2.24, 2.45) is 5.92 Å². The maximum absolute atomic E-state index is 12.0. The van der Waals surface area contributed by atoms with Crippen molar-refractivity contribution in [1.29, 1.82) is 0 Å². The zero-order valence-corrected chi connectivity index (χ0v) is 14.6. The molecule has 0 bridgehead atoms. The van der Waals surface area contributed by atoms with E-state index >= 15 is 0 Å². The summed E-state index contributed by atoms with van der Waals surface area (Å²) in [6, 6.07) is 7.58. The lowest BCUT2D eigenvalue weighted by molar-refractivity contribution is -0.122. The number of piperidine rings is 1. The lowest BCUT2D eigenvalue weighted by atomic mass is 9.96. The fraction of sp³-hybridized carbons (Fsp3) is 0.611. The van der Waals surface area contributed by atoms with E-state index in [4.69, 9.17) is 21.1 Å². The molecule has 2 heterocycles. The monoisotopic (exact) mass is 352 g/mol. The standard InChI is InChI=1S/C18H25ClN2O3/c19-16-4-2-1-3-15(16)13-20-17(22)7-10-21-8-5-14(6-9-21)18-23-11-12-24-18/h1-4,14,18H,5-13H2,(H,20,22). The van der Waals surface area contributed by atoms with E-state index in [1.54, 1.807) is 0 Å². The number of halogens is 1. The molecule has 1 aromatic carbocycles. The van der Waals surface area contributed by atoms with Gasteiger partial charge in [-0.25, -0.2) is 0 Å². The van der Waals surface area contributed by atoms with Crippen LogP contribution in [0, 0.1) is 5.92 Å². The fourth-order valence-electron chi connectivity index (χ4n) is 3.28. The topological polar surface area (TPSA) is 50.8 Å². The number of rotatable bonds is 6. The SMILES string of the molecule is O=C(CCN1CCC(C2OCCO2)CC1)NCc1ccccc1Cl. The minimum atomic E-state index is -0.00827. The van der Waals surface area contributed by atoms with Crippen molar-refractivity contribution in [2.45, 2.75) is 32.1 Å². The Balaban J connectivity index is 1.33. The van der Waals surface area contributed by atoms with Gasteiger partial charge in [-0.15, -0.1) is 0 Å². The number of carbonyl (C=O) groups is 1. The van der Waals surface area contributed by atoms with Crippen LogP contribution in [0.2, 0.25) is 5.02 Å². The summed E-state index contributed by atoms with van der Waals surface area (Å²) in [6.45, 7) is 4.73. The first-order valence-corrected chi connectivity index (χ1v) is 9.06. The van der Waals surface area contributed by atoms with Gasteiger partial charge < -0.3 is 19.7 Å². The number of benzene rings is 1. The zero-order chi connectivity index (χ0) is 16.8. The third-order valence-corrected chi connectivity index (χ3v) is 5.12. The van der Waals surface area contributed by atoms with Gasteiger partial charge >= 0.3 is 0 Å². The van der Waals surface area contributed by atoms with Crippen LogP contribution in [-0.4, -0.2) is 49.9 Å². The highest BCUT2D eigenvalue weighted by Gasteiger charge is 2.30. The third-order valence-electron chi connectivity index (χ3n) is 4.75. The summed E-state index contributed by atoms with van der Waals surface area (Å²) in [4.78, 5) is 14.4. The summed E-state index contributed by atoms with van der Waals surface area (Å²) >= 11 is 6.09. The van der Waals surface area contributed by atoms with Crippen molar-refractivity contribution >= 4 is 17.5 Å². The van der Waals surface area contributed by atoms with E-state index in [-0.39, 0.29) is 12.2 Å². The number of hydrogen-bond donors (Lipinski definition) is 1. The van der Waals surface area contributed by atoms with Crippen molar-refractivity contribution in [3.05, 3.63) is 34.9 Å². The molecule has 0 unspecified atom stereocenters. The number of nitrogens with one attached hydrogen (secondary N) is 1.